The van der Waals surface area contributed by atoms with E-state index >= 15 is 0 Å². The van der Waals surface area contributed by atoms with Crippen LogP contribution in [0.4, 0.5) is 0 Å². The van der Waals surface area contributed by atoms with Crippen molar-refractivity contribution in [2.45, 2.75) is 36.9 Å². The minimum atomic E-state index is -3.59. The predicted octanol–water partition coefficient (Wildman–Crippen LogP) is 2.48. The molecule has 0 radical (unpaired) electrons. The van der Waals surface area contributed by atoms with Gasteiger partial charge >= 0.3 is 0 Å². The molecule has 7 heteroatoms. The summed E-state index contributed by atoms with van der Waals surface area (Å²) in [7, 11) is -3.59. The largest absolute Gasteiger partial charge is 0.395 e. The van der Waals surface area contributed by atoms with E-state index in [0.717, 1.165) is 24.2 Å². The van der Waals surface area contributed by atoms with Gasteiger partial charge in [0.05, 0.1) is 10.9 Å². The second-order valence-corrected chi connectivity index (χ2v) is 7.70. The van der Waals surface area contributed by atoms with E-state index in [-0.39, 0.29) is 16.7 Å². The van der Waals surface area contributed by atoms with Crippen molar-refractivity contribution in [3.63, 3.8) is 0 Å². The van der Waals surface area contributed by atoms with Crippen LogP contribution in [-0.2, 0) is 10.0 Å². The summed E-state index contributed by atoms with van der Waals surface area (Å²) in [6, 6.07) is 2.56. The Labute approximate surface area is 117 Å². The van der Waals surface area contributed by atoms with Gasteiger partial charge in [-0.2, -0.15) is 0 Å². The molecule has 0 saturated heterocycles. The van der Waals surface area contributed by atoms with E-state index in [4.69, 9.17) is 11.6 Å². The first-order valence-electron chi connectivity index (χ1n) is 5.83. The fourth-order valence-electron chi connectivity index (χ4n) is 1.84. The SMILES string of the molecule is CCC(CC)C(CO)NS(=O)(=O)c1ccc(Cl)s1. The van der Waals surface area contributed by atoms with Crippen LogP contribution in [0, 0.1) is 5.92 Å². The highest BCUT2D eigenvalue weighted by atomic mass is 35.5. The fraction of sp³-hybridized carbons (Fsp3) is 0.636. The highest BCUT2D eigenvalue weighted by Gasteiger charge is 2.25. The lowest BCUT2D eigenvalue weighted by Crippen LogP contribution is -2.42. The highest BCUT2D eigenvalue weighted by molar-refractivity contribution is 7.91. The van der Waals surface area contributed by atoms with Crippen molar-refractivity contribution in [3.8, 4) is 0 Å². The van der Waals surface area contributed by atoms with Gasteiger partial charge in [-0.1, -0.05) is 38.3 Å². The number of halogens is 1. The Bertz CT molecular complexity index is 468. The van der Waals surface area contributed by atoms with Crippen LogP contribution in [0.5, 0.6) is 0 Å². The zero-order chi connectivity index (χ0) is 13.8. The second kappa shape index (κ2) is 6.86. The molecule has 0 aliphatic heterocycles. The van der Waals surface area contributed by atoms with Crippen LogP contribution in [0.3, 0.4) is 0 Å². The number of hydrogen-bond acceptors (Lipinski definition) is 4. The predicted molar refractivity (Wildman–Crippen MR) is 74.6 cm³/mol. The molecule has 1 rings (SSSR count). The molecular formula is C11H18ClNO3S2. The van der Waals surface area contributed by atoms with E-state index in [1.54, 1.807) is 6.07 Å². The van der Waals surface area contributed by atoms with Crippen LogP contribution in [-0.4, -0.2) is 26.2 Å². The molecule has 0 saturated carbocycles. The zero-order valence-electron chi connectivity index (χ0n) is 10.4. The Balaban J connectivity index is 2.87. The average Bonchev–Trinajstić information content (AvgIpc) is 2.76. The zero-order valence-corrected chi connectivity index (χ0v) is 12.8. The molecule has 0 fully saturated rings. The standard InChI is InChI=1S/C11H18ClNO3S2/c1-3-8(4-2)9(7-14)13-18(15,16)11-6-5-10(12)17-11/h5-6,8-9,13-14H,3-4,7H2,1-2H3. The van der Waals surface area contributed by atoms with Crippen molar-refractivity contribution >= 4 is 33.0 Å². The number of hydrogen-bond donors (Lipinski definition) is 2. The molecule has 0 aromatic carbocycles. The molecule has 104 valence electrons. The lowest BCUT2D eigenvalue weighted by Gasteiger charge is -2.23. The average molecular weight is 312 g/mol. The minimum Gasteiger partial charge on any atom is -0.395 e. The number of sulfonamides is 1. The van der Waals surface area contributed by atoms with E-state index < -0.39 is 16.1 Å². The number of rotatable bonds is 7. The van der Waals surface area contributed by atoms with Crippen molar-refractivity contribution in [1.82, 2.24) is 4.72 Å². The van der Waals surface area contributed by atoms with Crippen LogP contribution < -0.4 is 4.72 Å². The molecule has 18 heavy (non-hydrogen) atoms. The van der Waals surface area contributed by atoms with E-state index in [2.05, 4.69) is 4.72 Å². The molecular weight excluding hydrogens is 294 g/mol. The molecule has 0 spiro atoms. The third-order valence-electron chi connectivity index (χ3n) is 2.93. The first kappa shape index (κ1) is 15.9. The Kier molecular flexibility index (Phi) is 6.07. The maximum Gasteiger partial charge on any atom is 0.250 e. The highest BCUT2D eigenvalue weighted by Crippen LogP contribution is 2.26. The third kappa shape index (κ3) is 3.93. The summed E-state index contributed by atoms with van der Waals surface area (Å²) in [5.74, 6) is 0.125. The summed E-state index contributed by atoms with van der Waals surface area (Å²) < 4.78 is 27.3. The molecule has 0 aliphatic rings. The molecule has 2 N–H and O–H groups in total. The Hall–Kier alpha value is -0.140. The van der Waals surface area contributed by atoms with Crippen molar-refractivity contribution in [2.75, 3.05) is 6.61 Å². The van der Waals surface area contributed by atoms with Crippen LogP contribution in [0.15, 0.2) is 16.3 Å². The third-order valence-corrected chi connectivity index (χ3v) is 6.15. The monoisotopic (exact) mass is 311 g/mol. The molecule has 4 nitrogen and oxygen atoms in total. The van der Waals surface area contributed by atoms with Gasteiger partial charge in [0.1, 0.15) is 4.21 Å². The first-order chi connectivity index (χ1) is 8.44. The number of nitrogens with one attached hydrogen (secondary N) is 1. The molecule has 1 atom stereocenters. The van der Waals surface area contributed by atoms with Gasteiger partial charge in [-0.3, -0.25) is 0 Å². The van der Waals surface area contributed by atoms with Crippen molar-refractivity contribution in [3.05, 3.63) is 16.5 Å². The number of thiophene rings is 1. The summed E-state index contributed by atoms with van der Waals surface area (Å²) in [6.45, 7) is 3.75. The first-order valence-corrected chi connectivity index (χ1v) is 8.50. The molecule has 0 bridgehead atoms. The molecule has 1 unspecified atom stereocenters. The quantitative estimate of drug-likeness (QED) is 0.813. The van der Waals surface area contributed by atoms with E-state index in [9.17, 15) is 13.5 Å². The van der Waals surface area contributed by atoms with Crippen molar-refractivity contribution < 1.29 is 13.5 Å². The lowest BCUT2D eigenvalue weighted by molar-refractivity contribution is 0.209. The maximum absolute atomic E-state index is 12.1. The summed E-state index contributed by atoms with van der Waals surface area (Å²) in [6.07, 6.45) is 1.63. The Morgan fingerprint density at radius 1 is 1.39 bits per heavy atom. The number of aliphatic hydroxyl groups excluding tert-OH is 1. The second-order valence-electron chi connectivity index (χ2n) is 4.05. The van der Waals surface area contributed by atoms with Gasteiger partial charge in [0.25, 0.3) is 0 Å². The molecule has 1 aromatic heterocycles. The van der Waals surface area contributed by atoms with Crippen LogP contribution in [0.25, 0.3) is 0 Å². The topological polar surface area (TPSA) is 66.4 Å². The lowest BCUT2D eigenvalue weighted by atomic mass is 9.96. The summed E-state index contributed by atoms with van der Waals surface area (Å²) in [5.41, 5.74) is 0. The molecule has 1 heterocycles. The molecule has 1 aromatic rings. The van der Waals surface area contributed by atoms with Gasteiger partial charge in [-0.15, -0.1) is 11.3 Å². The van der Waals surface area contributed by atoms with Crippen molar-refractivity contribution in [2.24, 2.45) is 5.92 Å². The van der Waals surface area contributed by atoms with Gasteiger partial charge < -0.3 is 5.11 Å². The van der Waals surface area contributed by atoms with Crippen molar-refractivity contribution in [1.29, 1.82) is 0 Å². The van der Waals surface area contributed by atoms with Crippen LogP contribution in [0.2, 0.25) is 4.34 Å². The summed E-state index contributed by atoms with van der Waals surface area (Å²) in [4.78, 5) is 0. The molecule has 0 amide bonds. The van der Waals surface area contributed by atoms with Gasteiger partial charge in [0.2, 0.25) is 10.0 Å². The van der Waals surface area contributed by atoms with Crippen LogP contribution in [0.1, 0.15) is 26.7 Å². The van der Waals surface area contributed by atoms with Gasteiger partial charge in [-0.05, 0) is 18.1 Å². The molecule has 0 aliphatic carbocycles. The van der Waals surface area contributed by atoms with Gasteiger partial charge in [0, 0.05) is 6.04 Å². The van der Waals surface area contributed by atoms with Gasteiger partial charge in [-0.25, -0.2) is 13.1 Å². The van der Waals surface area contributed by atoms with E-state index in [0.29, 0.717) is 4.34 Å². The van der Waals surface area contributed by atoms with E-state index in [1.165, 1.54) is 6.07 Å². The summed E-state index contributed by atoms with van der Waals surface area (Å²) >= 11 is 6.74. The Morgan fingerprint density at radius 3 is 2.39 bits per heavy atom. The van der Waals surface area contributed by atoms with Crippen LogP contribution >= 0.6 is 22.9 Å². The minimum absolute atomic E-state index is 0.125. The number of aliphatic hydroxyl groups is 1. The maximum atomic E-state index is 12.1. The Morgan fingerprint density at radius 2 is 2.00 bits per heavy atom. The smallest absolute Gasteiger partial charge is 0.250 e. The van der Waals surface area contributed by atoms with Gasteiger partial charge in [0.15, 0.2) is 0 Å². The summed E-state index contributed by atoms with van der Waals surface area (Å²) in [5, 5.41) is 9.32. The fourth-order valence-corrected chi connectivity index (χ4v) is 4.64. The normalized spacial score (nSPS) is 14.1. The van der Waals surface area contributed by atoms with E-state index in [1.807, 2.05) is 13.8 Å².